The number of carbonyl (C=O) groups excluding carboxylic acids is 1. The third kappa shape index (κ3) is 5.17. The lowest BCUT2D eigenvalue weighted by Gasteiger charge is -2.11. The summed E-state index contributed by atoms with van der Waals surface area (Å²) in [6.07, 6.45) is 7.50. The van der Waals surface area contributed by atoms with Crippen molar-refractivity contribution in [1.82, 2.24) is 0 Å². The molecular formula is C18H25NO. The molecule has 108 valence electrons. The normalized spacial score (nSPS) is 11.8. The SMILES string of the molecule is CCCCCCCCC(=O)C(C#N)c1ccccc1C. The monoisotopic (exact) mass is 271 g/mol. The fourth-order valence-electron chi connectivity index (χ4n) is 2.45. The molecule has 2 nitrogen and oxygen atoms in total. The first-order valence-corrected chi connectivity index (χ1v) is 7.68. The van der Waals surface area contributed by atoms with E-state index in [-0.39, 0.29) is 5.78 Å². The number of carbonyl (C=O) groups is 1. The van der Waals surface area contributed by atoms with Gasteiger partial charge in [0.2, 0.25) is 0 Å². The third-order valence-electron chi connectivity index (χ3n) is 3.73. The van der Waals surface area contributed by atoms with Crippen LogP contribution in [0.5, 0.6) is 0 Å². The molecule has 0 aliphatic carbocycles. The van der Waals surface area contributed by atoms with Crippen molar-refractivity contribution in [1.29, 1.82) is 5.26 Å². The molecule has 0 heterocycles. The molecule has 2 heteroatoms. The second-order valence-electron chi connectivity index (χ2n) is 5.40. The van der Waals surface area contributed by atoms with Crippen LogP contribution >= 0.6 is 0 Å². The number of rotatable bonds is 9. The molecule has 0 amide bonds. The largest absolute Gasteiger partial charge is 0.298 e. The smallest absolute Gasteiger partial charge is 0.154 e. The molecule has 0 N–H and O–H groups in total. The van der Waals surface area contributed by atoms with Crippen LogP contribution < -0.4 is 0 Å². The molecule has 0 bridgehead atoms. The van der Waals surface area contributed by atoms with E-state index in [1.54, 1.807) is 0 Å². The topological polar surface area (TPSA) is 40.9 Å². The quantitative estimate of drug-likeness (QED) is 0.598. The number of nitrogens with zero attached hydrogens (tertiary/aromatic N) is 1. The van der Waals surface area contributed by atoms with Gasteiger partial charge in [0.25, 0.3) is 0 Å². The molecule has 0 radical (unpaired) electrons. The zero-order chi connectivity index (χ0) is 14.8. The predicted molar refractivity (Wildman–Crippen MR) is 82.5 cm³/mol. The van der Waals surface area contributed by atoms with Crippen LogP contribution in [0.4, 0.5) is 0 Å². The van der Waals surface area contributed by atoms with Gasteiger partial charge in [-0.15, -0.1) is 0 Å². The van der Waals surface area contributed by atoms with Crippen molar-refractivity contribution in [2.75, 3.05) is 0 Å². The fourth-order valence-corrected chi connectivity index (χ4v) is 2.45. The molecule has 20 heavy (non-hydrogen) atoms. The van der Waals surface area contributed by atoms with Crippen molar-refractivity contribution in [2.24, 2.45) is 0 Å². The number of aryl methyl sites for hydroxylation is 1. The van der Waals surface area contributed by atoms with Gasteiger partial charge in [0.15, 0.2) is 5.78 Å². The zero-order valence-corrected chi connectivity index (χ0v) is 12.7. The van der Waals surface area contributed by atoms with E-state index in [4.69, 9.17) is 0 Å². The first-order valence-electron chi connectivity index (χ1n) is 7.68. The Morgan fingerprint density at radius 3 is 2.45 bits per heavy atom. The van der Waals surface area contributed by atoms with E-state index in [0.29, 0.717) is 6.42 Å². The molecule has 0 aromatic heterocycles. The highest BCUT2D eigenvalue weighted by Gasteiger charge is 2.20. The fraction of sp³-hybridized carbons (Fsp3) is 0.556. The van der Waals surface area contributed by atoms with Gasteiger partial charge in [-0.3, -0.25) is 4.79 Å². The number of Topliss-reactive ketones (excluding diaryl/α,β-unsaturated/α-hetero) is 1. The molecule has 0 fully saturated rings. The second-order valence-corrected chi connectivity index (χ2v) is 5.40. The van der Waals surface area contributed by atoms with E-state index >= 15 is 0 Å². The minimum Gasteiger partial charge on any atom is -0.298 e. The molecule has 0 aliphatic heterocycles. The van der Waals surface area contributed by atoms with Gasteiger partial charge in [0.05, 0.1) is 6.07 Å². The highest BCUT2D eigenvalue weighted by molar-refractivity contribution is 5.88. The summed E-state index contributed by atoms with van der Waals surface area (Å²) >= 11 is 0. The van der Waals surface area contributed by atoms with Crippen LogP contribution in [0.15, 0.2) is 24.3 Å². The Morgan fingerprint density at radius 2 is 1.80 bits per heavy atom. The van der Waals surface area contributed by atoms with Gasteiger partial charge in [-0.1, -0.05) is 63.3 Å². The highest BCUT2D eigenvalue weighted by atomic mass is 16.1. The number of benzene rings is 1. The average Bonchev–Trinajstić information content (AvgIpc) is 2.45. The first kappa shape index (κ1) is 16.4. The van der Waals surface area contributed by atoms with E-state index in [1.807, 2.05) is 31.2 Å². The van der Waals surface area contributed by atoms with Gasteiger partial charge >= 0.3 is 0 Å². The minimum absolute atomic E-state index is 0.0669. The van der Waals surface area contributed by atoms with Gasteiger partial charge in [0, 0.05) is 6.42 Å². The molecule has 1 atom stereocenters. The molecule has 0 saturated heterocycles. The molecule has 1 rings (SSSR count). The van der Waals surface area contributed by atoms with Gasteiger partial charge in [-0.2, -0.15) is 5.26 Å². The molecule has 1 aromatic rings. The molecular weight excluding hydrogens is 246 g/mol. The van der Waals surface area contributed by atoms with Crippen LogP contribution in [0.2, 0.25) is 0 Å². The Balaban J connectivity index is 2.45. The summed E-state index contributed by atoms with van der Waals surface area (Å²) in [5.74, 6) is -0.524. The molecule has 0 spiro atoms. The lowest BCUT2D eigenvalue weighted by atomic mass is 9.90. The molecule has 0 saturated carbocycles. The van der Waals surface area contributed by atoms with E-state index in [2.05, 4.69) is 13.0 Å². The minimum atomic E-state index is -0.591. The molecule has 1 aromatic carbocycles. The van der Waals surface area contributed by atoms with Crippen LogP contribution in [0, 0.1) is 18.3 Å². The van der Waals surface area contributed by atoms with Gasteiger partial charge in [-0.25, -0.2) is 0 Å². The Bertz CT molecular complexity index is 459. The third-order valence-corrected chi connectivity index (χ3v) is 3.73. The van der Waals surface area contributed by atoms with Crippen molar-refractivity contribution in [2.45, 2.75) is 64.7 Å². The van der Waals surface area contributed by atoms with Crippen molar-refractivity contribution in [3.63, 3.8) is 0 Å². The van der Waals surface area contributed by atoms with E-state index < -0.39 is 5.92 Å². The second kappa shape index (κ2) is 9.31. The van der Waals surface area contributed by atoms with Crippen molar-refractivity contribution in [3.05, 3.63) is 35.4 Å². The Morgan fingerprint density at radius 1 is 1.15 bits per heavy atom. The van der Waals surface area contributed by atoms with Gasteiger partial charge < -0.3 is 0 Å². The summed E-state index contributed by atoms with van der Waals surface area (Å²) in [6, 6.07) is 9.85. The van der Waals surface area contributed by atoms with Crippen LogP contribution in [0.3, 0.4) is 0 Å². The average molecular weight is 271 g/mol. The van der Waals surface area contributed by atoms with Crippen molar-refractivity contribution in [3.8, 4) is 6.07 Å². The summed E-state index contributed by atoms with van der Waals surface area (Å²) in [5.41, 5.74) is 1.89. The zero-order valence-electron chi connectivity index (χ0n) is 12.7. The summed E-state index contributed by atoms with van der Waals surface area (Å²) in [6.45, 7) is 4.15. The number of nitriles is 1. The Labute approximate surface area is 122 Å². The van der Waals surface area contributed by atoms with E-state index in [0.717, 1.165) is 24.0 Å². The summed E-state index contributed by atoms with van der Waals surface area (Å²) < 4.78 is 0. The summed E-state index contributed by atoms with van der Waals surface area (Å²) in [4.78, 5) is 12.2. The van der Waals surface area contributed by atoms with E-state index in [1.165, 1.54) is 25.7 Å². The van der Waals surface area contributed by atoms with Crippen LogP contribution in [-0.4, -0.2) is 5.78 Å². The summed E-state index contributed by atoms with van der Waals surface area (Å²) in [7, 11) is 0. The number of hydrogen-bond acceptors (Lipinski definition) is 2. The van der Waals surface area contributed by atoms with E-state index in [9.17, 15) is 10.1 Å². The maximum atomic E-state index is 12.2. The Kier molecular flexibility index (Phi) is 7.65. The van der Waals surface area contributed by atoms with Crippen molar-refractivity contribution >= 4 is 5.78 Å². The predicted octanol–water partition coefficient (Wildman–Crippen LogP) is 4.92. The number of unbranched alkanes of at least 4 members (excludes halogenated alkanes) is 5. The number of ketones is 1. The first-order chi connectivity index (χ1) is 9.70. The number of hydrogen-bond donors (Lipinski definition) is 0. The van der Waals surface area contributed by atoms with Gasteiger partial charge in [0.1, 0.15) is 5.92 Å². The van der Waals surface area contributed by atoms with Crippen LogP contribution in [0.1, 0.15) is 68.9 Å². The maximum absolute atomic E-state index is 12.2. The maximum Gasteiger partial charge on any atom is 0.154 e. The van der Waals surface area contributed by atoms with Crippen LogP contribution in [-0.2, 0) is 4.79 Å². The Hall–Kier alpha value is -1.62. The molecule has 1 unspecified atom stereocenters. The highest BCUT2D eigenvalue weighted by Crippen LogP contribution is 2.22. The summed E-state index contributed by atoms with van der Waals surface area (Å²) in [5, 5.41) is 9.28. The lowest BCUT2D eigenvalue weighted by Crippen LogP contribution is -2.11. The standard InChI is InChI=1S/C18H25NO/c1-3-4-5-6-7-8-13-18(20)17(14-19)16-12-10-9-11-15(16)2/h9-12,17H,3-8,13H2,1-2H3. The van der Waals surface area contributed by atoms with Crippen LogP contribution in [0.25, 0.3) is 0 Å². The molecule has 0 aliphatic rings. The lowest BCUT2D eigenvalue weighted by molar-refractivity contribution is -0.119. The van der Waals surface area contributed by atoms with Crippen molar-refractivity contribution < 1.29 is 4.79 Å². The van der Waals surface area contributed by atoms with Gasteiger partial charge in [-0.05, 0) is 24.5 Å².